The summed E-state index contributed by atoms with van der Waals surface area (Å²) in [5, 5.41) is 13.7. The molecular weight excluding hydrogens is 258 g/mol. The van der Waals surface area contributed by atoms with Crippen LogP contribution in [0.4, 0.5) is 0 Å². The maximum Gasteiger partial charge on any atom is 0.0914 e. The van der Waals surface area contributed by atoms with Crippen LogP contribution >= 0.6 is 0 Å². The van der Waals surface area contributed by atoms with E-state index >= 15 is 0 Å². The third-order valence-electron chi connectivity index (χ3n) is 4.07. The van der Waals surface area contributed by atoms with Gasteiger partial charge in [-0.25, -0.2) is 0 Å². The van der Waals surface area contributed by atoms with Gasteiger partial charge >= 0.3 is 0 Å². The minimum Gasteiger partial charge on any atom is -0.387 e. The molecule has 0 saturated carbocycles. The molecule has 120 valence electrons. The van der Waals surface area contributed by atoms with Crippen LogP contribution in [0.15, 0.2) is 24.3 Å². The number of aliphatic hydroxyl groups excluding tert-OH is 1. The largest absolute Gasteiger partial charge is 0.387 e. The number of hydrogen-bond acceptors (Lipinski definition) is 2. The van der Waals surface area contributed by atoms with Crippen molar-refractivity contribution in [3.63, 3.8) is 0 Å². The van der Waals surface area contributed by atoms with Crippen molar-refractivity contribution >= 4 is 0 Å². The molecule has 2 atom stereocenters. The van der Waals surface area contributed by atoms with Crippen molar-refractivity contribution in [3.05, 3.63) is 35.4 Å². The Morgan fingerprint density at radius 3 is 2.00 bits per heavy atom. The van der Waals surface area contributed by atoms with Crippen LogP contribution in [-0.4, -0.2) is 17.7 Å². The monoisotopic (exact) mass is 291 g/mol. The van der Waals surface area contributed by atoms with Gasteiger partial charge in [-0.2, -0.15) is 0 Å². The summed E-state index contributed by atoms with van der Waals surface area (Å²) in [6.45, 7) is 11.7. The molecule has 0 fully saturated rings. The Labute approximate surface area is 131 Å². The molecule has 21 heavy (non-hydrogen) atoms. The second-order valence-electron chi connectivity index (χ2n) is 6.97. The minimum atomic E-state index is -0.418. The average Bonchev–Trinajstić information content (AvgIpc) is 2.44. The molecule has 2 heteroatoms. The molecule has 2 nitrogen and oxygen atoms in total. The number of aliphatic hydroxyl groups is 1. The van der Waals surface area contributed by atoms with Gasteiger partial charge in [0.05, 0.1) is 6.10 Å². The van der Waals surface area contributed by atoms with E-state index in [9.17, 15) is 5.11 Å². The smallest absolute Gasteiger partial charge is 0.0914 e. The zero-order valence-electron chi connectivity index (χ0n) is 14.4. The second kappa shape index (κ2) is 9.22. The fourth-order valence-electron chi connectivity index (χ4n) is 2.47. The van der Waals surface area contributed by atoms with Crippen LogP contribution < -0.4 is 5.32 Å². The molecule has 2 N–H and O–H groups in total. The lowest BCUT2D eigenvalue weighted by Crippen LogP contribution is -2.30. The molecule has 0 aliphatic rings. The van der Waals surface area contributed by atoms with E-state index in [1.54, 1.807) is 0 Å². The predicted molar refractivity (Wildman–Crippen MR) is 91.6 cm³/mol. The van der Waals surface area contributed by atoms with E-state index in [4.69, 9.17) is 0 Å². The summed E-state index contributed by atoms with van der Waals surface area (Å²) < 4.78 is 0. The molecule has 1 aromatic carbocycles. The Kier molecular flexibility index (Phi) is 7.98. The summed E-state index contributed by atoms with van der Waals surface area (Å²) in [6, 6.07) is 8.80. The van der Waals surface area contributed by atoms with E-state index < -0.39 is 6.10 Å². The summed E-state index contributed by atoms with van der Waals surface area (Å²) >= 11 is 0. The van der Waals surface area contributed by atoms with Crippen molar-refractivity contribution in [2.75, 3.05) is 6.54 Å². The predicted octanol–water partition coefficient (Wildman–Crippen LogP) is 4.65. The summed E-state index contributed by atoms with van der Waals surface area (Å²) in [4.78, 5) is 0. The topological polar surface area (TPSA) is 32.3 Å². The number of hydrogen-bond donors (Lipinski definition) is 2. The van der Waals surface area contributed by atoms with Gasteiger partial charge in [0.2, 0.25) is 0 Å². The molecule has 0 radical (unpaired) electrons. The van der Waals surface area contributed by atoms with Crippen LogP contribution in [0.3, 0.4) is 0 Å². The fourth-order valence-corrected chi connectivity index (χ4v) is 2.47. The average molecular weight is 291 g/mol. The van der Waals surface area contributed by atoms with Crippen LogP contribution in [0.5, 0.6) is 0 Å². The van der Waals surface area contributed by atoms with Gasteiger partial charge in [0.15, 0.2) is 0 Å². The highest BCUT2D eigenvalue weighted by molar-refractivity contribution is 5.26. The van der Waals surface area contributed by atoms with Crippen molar-refractivity contribution in [1.82, 2.24) is 5.32 Å². The highest BCUT2D eigenvalue weighted by atomic mass is 16.3. The first-order valence-electron chi connectivity index (χ1n) is 8.41. The standard InChI is InChI=1S/C19H33NO/c1-14(2)7-6-8-16(5)20-13-19(21)18-11-9-17(10-12-18)15(3)4/h9-12,14-16,19-21H,6-8,13H2,1-5H3. The minimum absolute atomic E-state index is 0.418. The molecule has 1 aromatic rings. The van der Waals surface area contributed by atoms with Crippen LogP contribution in [0, 0.1) is 5.92 Å². The lowest BCUT2D eigenvalue weighted by atomic mass is 10.00. The molecule has 0 amide bonds. The molecule has 2 unspecified atom stereocenters. The van der Waals surface area contributed by atoms with Gasteiger partial charge in [-0.15, -0.1) is 0 Å². The SMILES string of the molecule is CC(C)CCCC(C)NCC(O)c1ccc(C(C)C)cc1. The van der Waals surface area contributed by atoms with Gasteiger partial charge in [0.25, 0.3) is 0 Å². The Morgan fingerprint density at radius 2 is 1.48 bits per heavy atom. The van der Waals surface area contributed by atoms with Crippen molar-refractivity contribution in [3.8, 4) is 0 Å². The Morgan fingerprint density at radius 1 is 0.905 bits per heavy atom. The van der Waals surface area contributed by atoms with E-state index in [2.05, 4.69) is 52.1 Å². The first kappa shape index (κ1) is 18.2. The maximum atomic E-state index is 10.3. The lowest BCUT2D eigenvalue weighted by Gasteiger charge is -2.18. The third-order valence-corrected chi connectivity index (χ3v) is 4.07. The zero-order valence-corrected chi connectivity index (χ0v) is 14.4. The molecule has 0 aliphatic heterocycles. The van der Waals surface area contributed by atoms with Gasteiger partial charge in [0, 0.05) is 12.6 Å². The number of benzene rings is 1. The van der Waals surface area contributed by atoms with E-state index in [-0.39, 0.29) is 0 Å². The van der Waals surface area contributed by atoms with Crippen LogP contribution in [0.25, 0.3) is 0 Å². The second-order valence-corrected chi connectivity index (χ2v) is 6.97. The number of nitrogens with one attached hydrogen (secondary N) is 1. The summed E-state index contributed by atoms with van der Waals surface area (Å²) in [7, 11) is 0. The summed E-state index contributed by atoms with van der Waals surface area (Å²) in [5.74, 6) is 1.32. The van der Waals surface area contributed by atoms with Crippen LogP contribution in [-0.2, 0) is 0 Å². The maximum absolute atomic E-state index is 10.3. The van der Waals surface area contributed by atoms with Gasteiger partial charge in [-0.1, -0.05) is 64.8 Å². The third kappa shape index (κ3) is 7.10. The Bertz CT molecular complexity index is 383. The highest BCUT2D eigenvalue weighted by Gasteiger charge is 2.10. The van der Waals surface area contributed by atoms with E-state index in [1.165, 1.54) is 24.8 Å². The fraction of sp³-hybridized carbons (Fsp3) is 0.684. The van der Waals surface area contributed by atoms with Crippen molar-refractivity contribution in [1.29, 1.82) is 0 Å². The first-order valence-corrected chi connectivity index (χ1v) is 8.41. The molecule has 0 aliphatic carbocycles. The van der Waals surface area contributed by atoms with Crippen molar-refractivity contribution < 1.29 is 5.11 Å². The molecule has 0 aromatic heterocycles. The van der Waals surface area contributed by atoms with E-state index in [1.807, 2.05) is 12.1 Å². The highest BCUT2D eigenvalue weighted by Crippen LogP contribution is 2.18. The van der Waals surface area contributed by atoms with Crippen molar-refractivity contribution in [2.24, 2.45) is 5.92 Å². The van der Waals surface area contributed by atoms with Crippen LogP contribution in [0.1, 0.15) is 77.0 Å². The van der Waals surface area contributed by atoms with Gasteiger partial charge in [0.1, 0.15) is 0 Å². The number of rotatable bonds is 9. The molecule has 0 saturated heterocycles. The molecule has 1 rings (SSSR count). The Balaban J connectivity index is 2.34. The molecular formula is C19H33NO. The van der Waals surface area contributed by atoms with Gasteiger partial charge in [-0.3, -0.25) is 0 Å². The van der Waals surface area contributed by atoms with Gasteiger partial charge < -0.3 is 10.4 Å². The summed E-state index contributed by atoms with van der Waals surface area (Å²) in [6.07, 6.45) is 3.30. The summed E-state index contributed by atoms with van der Waals surface area (Å²) in [5.41, 5.74) is 2.32. The van der Waals surface area contributed by atoms with Gasteiger partial charge in [-0.05, 0) is 36.3 Å². The molecule has 0 spiro atoms. The van der Waals surface area contributed by atoms with E-state index in [0.717, 1.165) is 11.5 Å². The molecule has 0 heterocycles. The quantitative estimate of drug-likeness (QED) is 0.694. The van der Waals surface area contributed by atoms with Crippen molar-refractivity contribution in [2.45, 2.75) is 71.9 Å². The normalized spacial score (nSPS) is 14.7. The van der Waals surface area contributed by atoms with Crippen LogP contribution in [0.2, 0.25) is 0 Å². The molecule has 0 bridgehead atoms. The first-order chi connectivity index (χ1) is 9.90. The Hall–Kier alpha value is -0.860. The lowest BCUT2D eigenvalue weighted by molar-refractivity contribution is 0.169. The van der Waals surface area contributed by atoms with E-state index in [0.29, 0.717) is 18.5 Å². The zero-order chi connectivity index (χ0) is 15.8.